The number of rotatable bonds is 6. The van der Waals surface area contributed by atoms with Gasteiger partial charge in [-0.2, -0.15) is 5.10 Å². The van der Waals surface area contributed by atoms with Gasteiger partial charge in [0.1, 0.15) is 12.1 Å². The molecule has 7 nitrogen and oxygen atoms in total. The molecule has 1 aliphatic rings. The Labute approximate surface area is 140 Å². The van der Waals surface area contributed by atoms with Gasteiger partial charge in [0, 0.05) is 25.5 Å². The summed E-state index contributed by atoms with van der Waals surface area (Å²) in [4.78, 5) is 20.1. The van der Waals surface area contributed by atoms with E-state index in [1.165, 1.54) is 11.3 Å². The van der Waals surface area contributed by atoms with Crippen molar-refractivity contribution in [2.24, 2.45) is 5.10 Å². The molecule has 0 fully saturated rings. The first-order valence-corrected chi connectivity index (χ1v) is 7.79. The van der Waals surface area contributed by atoms with Crippen LogP contribution in [0.1, 0.15) is 18.4 Å². The molecule has 1 aromatic carbocycles. The van der Waals surface area contributed by atoms with E-state index in [-0.39, 0.29) is 5.91 Å². The first-order chi connectivity index (χ1) is 11.8. The lowest BCUT2D eigenvalue weighted by molar-refractivity contribution is -0.131. The summed E-state index contributed by atoms with van der Waals surface area (Å²) in [6, 6.07) is 11.6. The SMILES string of the molecule is COc1cc(NCCN2N=C(c3ccccc3)CCC2=O)ncn1. The van der Waals surface area contributed by atoms with Crippen LogP contribution in [0.5, 0.6) is 5.88 Å². The number of ether oxygens (including phenoxy) is 1. The maximum atomic E-state index is 12.1. The first kappa shape index (κ1) is 15.9. The molecule has 0 saturated heterocycles. The van der Waals surface area contributed by atoms with Crippen molar-refractivity contribution in [1.29, 1.82) is 0 Å². The van der Waals surface area contributed by atoms with Gasteiger partial charge in [-0.15, -0.1) is 0 Å². The molecule has 1 aromatic heterocycles. The topological polar surface area (TPSA) is 79.7 Å². The summed E-state index contributed by atoms with van der Waals surface area (Å²) < 4.78 is 5.05. The fraction of sp³-hybridized carbons (Fsp3) is 0.294. The van der Waals surface area contributed by atoms with Gasteiger partial charge in [-0.3, -0.25) is 4.79 Å². The molecule has 1 amide bonds. The molecule has 1 N–H and O–H groups in total. The van der Waals surface area contributed by atoms with Gasteiger partial charge in [-0.1, -0.05) is 30.3 Å². The second-order valence-electron chi connectivity index (χ2n) is 5.30. The van der Waals surface area contributed by atoms with Crippen LogP contribution in [0.3, 0.4) is 0 Å². The summed E-state index contributed by atoms with van der Waals surface area (Å²) >= 11 is 0. The molecule has 0 atom stereocenters. The molecule has 0 saturated carbocycles. The highest BCUT2D eigenvalue weighted by atomic mass is 16.5. The number of aromatic nitrogens is 2. The lowest BCUT2D eigenvalue weighted by Gasteiger charge is -2.23. The number of benzene rings is 1. The maximum absolute atomic E-state index is 12.1. The minimum absolute atomic E-state index is 0.0387. The Hall–Kier alpha value is -2.96. The Balaban J connectivity index is 1.62. The molecule has 0 spiro atoms. The minimum atomic E-state index is 0.0387. The van der Waals surface area contributed by atoms with Crippen LogP contribution in [-0.4, -0.2) is 46.8 Å². The van der Waals surface area contributed by atoms with Crippen LogP contribution < -0.4 is 10.1 Å². The lowest BCUT2D eigenvalue weighted by atomic mass is 10.0. The van der Waals surface area contributed by atoms with Gasteiger partial charge < -0.3 is 10.1 Å². The van der Waals surface area contributed by atoms with E-state index in [1.54, 1.807) is 13.2 Å². The van der Waals surface area contributed by atoms with Crippen molar-refractivity contribution in [3.05, 3.63) is 48.3 Å². The number of nitrogens with zero attached hydrogens (tertiary/aromatic N) is 4. The molecular formula is C17H19N5O2. The highest BCUT2D eigenvalue weighted by molar-refractivity contribution is 6.04. The Morgan fingerprint density at radius 2 is 2.04 bits per heavy atom. The van der Waals surface area contributed by atoms with Crippen molar-refractivity contribution in [2.45, 2.75) is 12.8 Å². The fourth-order valence-corrected chi connectivity index (χ4v) is 2.45. The van der Waals surface area contributed by atoms with Crippen LogP contribution in [-0.2, 0) is 4.79 Å². The Morgan fingerprint density at radius 3 is 2.83 bits per heavy atom. The number of hydrazone groups is 1. The van der Waals surface area contributed by atoms with E-state index in [0.29, 0.717) is 37.6 Å². The molecule has 0 unspecified atom stereocenters. The van der Waals surface area contributed by atoms with Crippen molar-refractivity contribution in [3.63, 3.8) is 0 Å². The summed E-state index contributed by atoms with van der Waals surface area (Å²) in [7, 11) is 1.55. The summed E-state index contributed by atoms with van der Waals surface area (Å²) in [5.74, 6) is 1.18. The van der Waals surface area contributed by atoms with Crippen molar-refractivity contribution in [1.82, 2.24) is 15.0 Å². The van der Waals surface area contributed by atoms with E-state index in [9.17, 15) is 4.79 Å². The van der Waals surface area contributed by atoms with Crippen LogP contribution in [0.4, 0.5) is 5.82 Å². The molecule has 7 heteroatoms. The zero-order valence-corrected chi connectivity index (χ0v) is 13.5. The number of hydrogen-bond donors (Lipinski definition) is 1. The summed E-state index contributed by atoms with van der Waals surface area (Å²) in [6.07, 6.45) is 2.59. The first-order valence-electron chi connectivity index (χ1n) is 7.79. The smallest absolute Gasteiger partial charge is 0.243 e. The van der Waals surface area contributed by atoms with E-state index >= 15 is 0 Å². The number of amides is 1. The maximum Gasteiger partial charge on any atom is 0.243 e. The van der Waals surface area contributed by atoms with Crippen LogP contribution in [0, 0.1) is 0 Å². The molecule has 2 aromatic rings. The van der Waals surface area contributed by atoms with E-state index in [4.69, 9.17) is 4.74 Å². The fourth-order valence-electron chi connectivity index (χ4n) is 2.45. The third-order valence-corrected chi connectivity index (χ3v) is 3.69. The predicted molar refractivity (Wildman–Crippen MR) is 91.0 cm³/mol. The number of nitrogens with one attached hydrogen (secondary N) is 1. The molecule has 124 valence electrons. The Bertz CT molecular complexity index is 733. The molecule has 2 heterocycles. The number of methoxy groups -OCH3 is 1. The molecule has 0 radical (unpaired) electrons. The van der Waals surface area contributed by atoms with Gasteiger partial charge in [0.2, 0.25) is 11.8 Å². The highest BCUT2D eigenvalue weighted by Crippen LogP contribution is 2.15. The number of carbonyl (C=O) groups excluding carboxylic acids is 1. The molecular weight excluding hydrogens is 306 g/mol. The minimum Gasteiger partial charge on any atom is -0.481 e. The van der Waals surface area contributed by atoms with E-state index in [2.05, 4.69) is 20.4 Å². The normalized spacial score (nSPS) is 14.3. The number of anilines is 1. The van der Waals surface area contributed by atoms with Crippen LogP contribution in [0.15, 0.2) is 47.8 Å². The highest BCUT2D eigenvalue weighted by Gasteiger charge is 2.20. The molecule has 3 rings (SSSR count). The monoisotopic (exact) mass is 325 g/mol. The second-order valence-corrected chi connectivity index (χ2v) is 5.30. The quantitative estimate of drug-likeness (QED) is 0.878. The van der Waals surface area contributed by atoms with Gasteiger partial charge in [0.05, 0.1) is 19.4 Å². The predicted octanol–water partition coefficient (Wildman–Crippen LogP) is 1.92. The van der Waals surface area contributed by atoms with Crippen molar-refractivity contribution >= 4 is 17.4 Å². The number of carbonyl (C=O) groups is 1. The van der Waals surface area contributed by atoms with Crippen LogP contribution in [0.2, 0.25) is 0 Å². The van der Waals surface area contributed by atoms with E-state index in [1.807, 2.05) is 30.3 Å². The second kappa shape index (κ2) is 7.54. The van der Waals surface area contributed by atoms with Crippen LogP contribution in [0.25, 0.3) is 0 Å². The summed E-state index contributed by atoms with van der Waals surface area (Å²) in [5.41, 5.74) is 2.00. The zero-order chi connectivity index (χ0) is 16.8. The van der Waals surface area contributed by atoms with Crippen molar-refractivity contribution in [2.75, 3.05) is 25.5 Å². The largest absolute Gasteiger partial charge is 0.481 e. The van der Waals surface area contributed by atoms with Gasteiger partial charge in [-0.25, -0.2) is 15.0 Å². The van der Waals surface area contributed by atoms with Crippen molar-refractivity contribution in [3.8, 4) is 5.88 Å². The van der Waals surface area contributed by atoms with Gasteiger partial charge >= 0.3 is 0 Å². The summed E-state index contributed by atoms with van der Waals surface area (Å²) in [6.45, 7) is 1.01. The molecule has 0 aliphatic carbocycles. The van der Waals surface area contributed by atoms with Gasteiger partial charge in [-0.05, 0) is 5.56 Å². The molecule has 1 aliphatic heterocycles. The molecule has 0 bridgehead atoms. The Morgan fingerprint density at radius 1 is 1.21 bits per heavy atom. The standard InChI is InChI=1S/C17H19N5O2/c1-24-16-11-15(19-12-20-16)18-9-10-22-17(23)8-7-14(21-22)13-5-3-2-4-6-13/h2-6,11-12H,7-10H2,1H3,(H,18,19,20). The molecule has 24 heavy (non-hydrogen) atoms. The Kier molecular flexibility index (Phi) is 5.00. The van der Waals surface area contributed by atoms with Crippen molar-refractivity contribution < 1.29 is 9.53 Å². The van der Waals surface area contributed by atoms with Crippen LogP contribution >= 0.6 is 0 Å². The average molecular weight is 325 g/mol. The van der Waals surface area contributed by atoms with Gasteiger partial charge in [0.25, 0.3) is 0 Å². The summed E-state index contributed by atoms with van der Waals surface area (Å²) in [5, 5.41) is 9.17. The third kappa shape index (κ3) is 3.87. The van der Waals surface area contributed by atoms with E-state index < -0.39 is 0 Å². The average Bonchev–Trinajstić information content (AvgIpc) is 2.64. The van der Waals surface area contributed by atoms with Gasteiger partial charge in [0.15, 0.2) is 0 Å². The zero-order valence-electron chi connectivity index (χ0n) is 13.5. The lowest BCUT2D eigenvalue weighted by Crippen LogP contribution is -2.35. The third-order valence-electron chi connectivity index (χ3n) is 3.69. The number of hydrogen-bond acceptors (Lipinski definition) is 6. The van der Waals surface area contributed by atoms with E-state index in [0.717, 1.165) is 11.3 Å².